The summed E-state index contributed by atoms with van der Waals surface area (Å²) in [5, 5.41) is 4.92. The van der Waals surface area contributed by atoms with Gasteiger partial charge in [0, 0.05) is 0 Å². The number of halogens is 1. The van der Waals surface area contributed by atoms with Crippen LogP contribution in [0.5, 0.6) is 0 Å². The SMILES string of the molecule is CC(C)(C)OCC(NC(=O)OC(C)(C)C)C(=O)Nc1ccccc1F. The Labute approximate surface area is 148 Å². The maximum Gasteiger partial charge on any atom is 0.408 e. The molecule has 0 spiro atoms. The number of carbonyl (C=O) groups is 2. The lowest BCUT2D eigenvalue weighted by atomic mass is 10.2. The van der Waals surface area contributed by atoms with Crippen LogP contribution in [0.25, 0.3) is 0 Å². The van der Waals surface area contributed by atoms with Crippen LogP contribution >= 0.6 is 0 Å². The number of hydrogen-bond donors (Lipinski definition) is 2. The van der Waals surface area contributed by atoms with E-state index in [9.17, 15) is 14.0 Å². The number of benzene rings is 1. The molecule has 6 nitrogen and oxygen atoms in total. The molecule has 140 valence electrons. The Morgan fingerprint density at radius 3 is 2.20 bits per heavy atom. The Hall–Kier alpha value is -2.15. The van der Waals surface area contributed by atoms with Crippen LogP contribution in [0.4, 0.5) is 14.9 Å². The van der Waals surface area contributed by atoms with Crippen molar-refractivity contribution < 1.29 is 23.5 Å². The van der Waals surface area contributed by atoms with Crippen molar-refractivity contribution in [3.63, 3.8) is 0 Å². The molecule has 0 aliphatic heterocycles. The number of ether oxygens (including phenoxy) is 2. The van der Waals surface area contributed by atoms with Gasteiger partial charge in [0.05, 0.1) is 17.9 Å². The van der Waals surface area contributed by atoms with Gasteiger partial charge in [-0.1, -0.05) is 12.1 Å². The summed E-state index contributed by atoms with van der Waals surface area (Å²) in [7, 11) is 0. The highest BCUT2D eigenvalue weighted by Gasteiger charge is 2.27. The molecule has 1 aromatic rings. The first kappa shape index (κ1) is 20.9. The van der Waals surface area contributed by atoms with Gasteiger partial charge in [-0.05, 0) is 53.7 Å². The Kier molecular flexibility index (Phi) is 6.93. The van der Waals surface area contributed by atoms with Crippen molar-refractivity contribution in [3.05, 3.63) is 30.1 Å². The molecule has 25 heavy (non-hydrogen) atoms. The van der Waals surface area contributed by atoms with Gasteiger partial charge >= 0.3 is 6.09 Å². The van der Waals surface area contributed by atoms with Crippen molar-refractivity contribution >= 4 is 17.7 Å². The lowest BCUT2D eigenvalue weighted by Crippen LogP contribution is -2.49. The second-order valence-electron chi connectivity index (χ2n) is 7.59. The number of para-hydroxylation sites is 1. The fourth-order valence-electron chi connectivity index (χ4n) is 1.75. The summed E-state index contributed by atoms with van der Waals surface area (Å²) < 4.78 is 24.5. The normalized spacial score (nSPS) is 13.1. The molecule has 2 amide bonds. The summed E-state index contributed by atoms with van der Waals surface area (Å²) >= 11 is 0. The Bertz CT molecular complexity index is 606. The van der Waals surface area contributed by atoms with E-state index in [4.69, 9.17) is 9.47 Å². The van der Waals surface area contributed by atoms with Gasteiger partial charge in [-0.2, -0.15) is 0 Å². The van der Waals surface area contributed by atoms with Crippen molar-refractivity contribution in [2.75, 3.05) is 11.9 Å². The first-order chi connectivity index (χ1) is 11.4. The molecule has 0 saturated heterocycles. The largest absolute Gasteiger partial charge is 0.444 e. The highest BCUT2D eigenvalue weighted by molar-refractivity contribution is 5.96. The van der Waals surface area contributed by atoms with Crippen molar-refractivity contribution in [3.8, 4) is 0 Å². The summed E-state index contributed by atoms with van der Waals surface area (Å²) in [6.07, 6.45) is -0.751. The second-order valence-corrected chi connectivity index (χ2v) is 7.59. The van der Waals surface area contributed by atoms with E-state index in [2.05, 4.69) is 10.6 Å². The summed E-state index contributed by atoms with van der Waals surface area (Å²) in [4.78, 5) is 24.4. The topological polar surface area (TPSA) is 76.7 Å². The molecule has 0 saturated carbocycles. The van der Waals surface area contributed by atoms with E-state index >= 15 is 0 Å². The molecule has 1 aromatic carbocycles. The van der Waals surface area contributed by atoms with Gasteiger partial charge in [0.1, 0.15) is 17.5 Å². The molecule has 7 heteroatoms. The zero-order valence-corrected chi connectivity index (χ0v) is 15.6. The average molecular weight is 354 g/mol. The standard InChI is InChI=1S/C18H27FN2O4/c1-17(2,3)24-11-14(21-16(23)25-18(4,5)6)15(22)20-13-10-8-7-9-12(13)19/h7-10,14H,11H2,1-6H3,(H,20,22)(H,21,23). The van der Waals surface area contributed by atoms with E-state index in [0.29, 0.717) is 0 Å². The first-order valence-corrected chi connectivity index (χ1v) is 8.06. The number of amides is 2. The molecule has 0 aliphatic carbocycles. The number of anilines is 1. The van der Waals surface area contributed by atoms with Gasteiger partial charge in [0.15, 0.2) is 0 Å². The molecule has 0 aliphatic rings. The number of hydrogen-bond acceptors (Lipinski definition) is 4. The average Bonchev–Trinajstić information content (AvgIpc) is 2.43. The molecule has 0 radical (unpaired) electrons. The van der Waals surface area contributed by atoms with Gasteiger partial charge in [-0.15, -0.1) is 0 Å². The molecular formula is C18H27FN2O4. The number of carbonyl (C=O) groups excluding carboxylic acids is 2. The Morgan fingerprint density at radius 1 is 1.08 bits per heavy atom. The molecule has 0 aromatic heterocycles. The van der Waals surface area contributed by atoms with Crippen molar-refractivity contribution in [2.45, 2.75) is 58.8 Å². The van der Waals surface area contributed by atoms with Crippen LogP contribution in [-0.2, 0) is 14.3 Å². The highest BCUT2D eigenvalue weighted by Crippen LogP contribution is 2.14. The molecular weight excluding hydrogens is 327 g/mol. The molecule has 1 rings (SSSR count). The maximum absolute atomic E-state index is 13.7. The third kappa shape index (κ3) is 8.49. The minimum Gasteiger partial charge on any atom is -0.444 e. The maximum atomic E-state index is 13.7. The lowest BCUT2D eigenvalue weighted by Gasteiger charge is -2.26. The summed E-state index contributed by atoms with van der Waals surface area (Å²) in [5.41, 5.74) is -1.19. The zero-order valence-electron chi connectivity index (χ0n) is 15.6. The number of nitrogens with one attached hydrogen (secondary N) is 2. The molecule has 1 atom stereocenters. The van der Waals surface area contributed by atoms with E-state index < -0.39 is 35.1 Å². The van der Waals surface area contributed by atoms with Crippen LogP contribution in [0.3, 0.4) is 0 Å². The van der Waals surface area contributed by atoms with Crippen molar-refractivity contribution in [1.82, 2.24) is 5.32 Å². The molecule has 0 bridgehead atoms. The third-order valence-corrected chi connectivity index (χ3v) is 2.82. The van der Waals surface area contributed by atoms with Crippen LogP contribution in [0.1, 0.15) is 41.5 Å². The predicted octanol–water partition coefficient (Wildman–Crippen LogP) is 3.47. The second kappa shape index (κ2) is 8.29. The minimum absolute atomic E-state index is 0.0271. The van der Waals surface area contributed by atoms with Gasteiger partial charge in [-0.25, -0.2) is 9.18 Å². The van der Waals surface area contributed by atoms with E-state index in [1.165, 1.54) is 18.2 Å². The van der Waals surface area contributed by atoms with Crippen LogP contribution < -0.4 is 10.6 Å². The molecule has 0 heterocycles. The van der Waals surface area contributed by atoms with E-state index in [0.717, 1.165) is 0 Å². The first-order valence-electron chi connectivity index (χ1n) is 8.06. The van der Waals surface area contributed by atoms with Gasteiger partial charge < -0.3 is 20.1 Å². The minimum atomic E-state index is -1.03. The lowest BCUT2D eigenvalue weighted by molar-refractivity contribution is -0.121. The molecule has 1 unspecified atom stereocenters. The summed E-state index contributed by atoms with van der Waals surface area (Å²) in [6.45, 7) is 10.5. The fraction of sp³-hybridized carbons (Fsp3) is 0.556. The highest BCUT2D eigenvalue weighted by atomic mass is 19.1. The van der Waals surface area contributed by atoms with Gasteiger partial charge in [-0.3, -0.25) is 4.79 Å². The molecule has 0 fully saturated rings. The Morgan fingerprint density at radius 2 is 1.68 bits per heavy atom. The van der Waals surface area contributed by atoms with Crippen LogP contribution in [0.15, 0.2) is 24.3 Å². The van der Waals surface area contributed by atoms with Gasteiger partial charge in [0.25, 0.3) is 0 Å². The van der Waals surface area contributed by atoms with E-state index in [1.54, 1.807) is 26.8 Å². The van der Waals surface area contributed by atoms with Crippen LogP contribution in [0, 0.1) is 5.82 Å². The predicted molar refractivity (Wildman–Crippen MR) is 93.9 cm³/mol. The smallest absolute Gasteiger partial charge is 0.408 e. The van der Waals surface area contributed by atoms with E-state index in [-0.39, 0.29) is 12.3 Å². The van der Waals surface area contributed by atoms with Crippen molar-refractivity contribution in [2.24, 2.45) is 0 Å². The van der Waals surface area contributed by atoms with Crippen LogP contribution in [-0.4, -0.2) is 35.9 Å². The summed E-state index contributed by atoms with van der Waals surface area (Å²) in [6, 6.07) is 4.75. The van der Waals surface area contributed by atoms with E-state index in [1.807, 2.05) is 20.8 Å². The summed E-state index contributed by atoms with van der Waals surface area (Å²) in [5.74, 6) is -1.16. The van der Waals surface area contributed by atoms with Crippen LogP contribution in [0.2, 0.25) is 0 Å². The quantitative estimate of drug-likeness (QED) is 0.849. The van der Waals surface area contributed by atoms with Gasteiger partial charge in [0.2, 0.25) is 5.91 Å². The fourth-order valence-corrected chi connectivity index (χ4v) is 1.75. The zero-order chi connectivity index (χ0) is 19.3. The Balaban J connectivity index is 2.83. The van der Waals surface area contributed by atoms with Crippen molar-refractivity contribution in [1.29, 1.82) is 0 Å². The third-order valence-electron chi connectivity index (χ3n) is 2.82. The number of rotatable bonds is 5. The molecule has 2 N–H and O–H groups in total. The number of alkyl carbamates (subject to hydrolysis) is 1. The monoisotopic (exact) mass is 354 g/mol.